The number of aryl methyl sites for hydroxylation is 1. The summed E-state index contributed by atoms with van der Waals surface area (Å²) in [4.78, 5) is 25.1. The molecule has 23 heavy (non-hydrogen) atoms. The van der Waals surface area contributed by atoms with Crippen molar-refractivity contribution in [3.63, 3.8) is 0 Å². The van der Waals surface area contributed by atoms with Gasteiger partial charge in [0, 0.05) is 12.3 Å². The highest BCUT2D eigenvalue weighted by atomic mass is 16.1. The zero-order chi connectivity index (χ0) is 16.8. The standard InChI is InChI=1S/C21H22O2/c1-15(2)21(23)19(13-18-11-9-16(3)10-12-18)20(22)14-17-7-5-4-6-8-17/h4-13,15H,14H2,1-3H3/b19-13-. The lowest BCUT2D eigenvalue weighted by Crippen LogP contribution is -2.19. The summed E-state index contributed by atoms with van der Waals surface area (Å²) in [5.74, 6) is -0.437. The van der Waals surface area contributed by atoms with Crippen molar-refractivity contribution < 1.29 is 9.59 Å². The summed E-state index contributed by atoms with van der Waals surface area (Å²) in [7, 11) is 0. The van der Waals surface area contributed by atoms with Gasteiger partial charge in [-0.3, -0.25) is 9.59 Å². The summed E-state index contributed by atoms with van der Waals surface area (Å²) in [5.41, 5.74) is 3.23. The van der Waals surface area contributed by atoms with Crippen molar-refractivity contribution >= 4 is 17.6 Å². The largest absolute Gasteiger partial charge is 0.294 e. The first-order valence-electron chi connectivity index (χ1n) is 7.87. The number of Topliss-reactive ketones (excluding diaryl/α,β-unsaturated/α-hetero) is 2. The van der Waals surface area contributed by atoms with Gasteiger partial charge in [0.05, 0.1) is 5.57 Å². The molecule has 118 valence electrons. The summed E-state index contributed by atoms with van der Waals surface area (Å²) in [6.45, 7) is 5.65. The first kappa shape index (κ1) is 16.9. The van der Waals surface area contributed by atoms with Crippen LogP contribution in [0.2, 0.25) is 0 Å². The molecule has 2 aromatic carbocycles. The van der Waals surface area contributed by atoms with Gasteiger partial charge in [-0.2, -0.15) is 0 Å². The lowest BCUT2D eigenvalue weighted by atomic mass is 9.92. The van der Waals surface area contributed by atoms with Crippen molar-refractivity contribution in [1.82, 2.24) is 0 Å². The average molecular weight is 306 g/mol. The summed E-state index contributed by atoms with van der Waals surface area (Å²) in [6, 6.07) is 17.3. The van der Waals surface area contributed by atoms with E-state index in [1.54, 1.807) is 6.08 Å². The summed E-state index contributed by atoms with van der Waals surface area (Å²) in [6.07, 6.45) is 1.96. The van der Waals surface area contributed by atoms with Gasteiger partial charge < -0.3 is 0 Å². The fraction of sp³-hybridized carbons (Fsp3) is 0.238. The minimum atomic E-state index is -0.202. The van der Waals surface area contributed by atoms with Gasteiger partial charge in [-0.15, -0.1) is 0 Å². The number of ketones is 2. The first-order chi connectivity index (χ1) is 11.0. The van der Waals surface area contributed by atoms with Crippen LogP contribution in [0.4, 0.5) is 0 Å². The van der Waals surface area contributed by atoms with E-state index in [0.717, 1.165) is 16.7 Å². The summed E-state index contributed by atoms with van der Waals surface area (Å²) < 4.78 is 0. The Kier molecular flexibility index (Phi) is 5.64. The second-order valence-electron chi connectivity index (χ2n) is 6.07. The van der Waals surface area contributed by atoms with E-state index in [1.165, 1.54) is 0 Å². The molecule has 0 amide bonds. The maximum Gasteiger partial charge on any atom is 0.170 e. The van der Waals surface area contributed by atoms with Crippen LogP contribution in [0.25, 0.3) is 6.08 Å². The van der Waals surface area contributed by atoms with Crippen molar-refractivity contribution in [3.8, 4) is 0 Å². The van der Waals surface area contributed by atoms with Crippen molar-refractivity contribution in [2.75, 3.05) is 0 Å². The minimum absolute atomic E-state index is 0.105. The van der Waals surface area contributed by atoms with Gasteiger partial charge >= 0.3 is 0 Å². The molecule has 0 atom stereocenters. The molecule has 0 aliphatic rings. The first-order valence-corrected chi connectivity index (χ1v) is 7.87. The normalized spacial score (nSPS) is 11.6. The van der Waals surface area contributed by atoms with E-state index in [1.807, 2.05) is 75.4 Å². The van der Waals surface area contributed by atoms with E-state index in [4.69, 9.17) is 0 Å². The van der Waals surface area contributed by atoms with Crippen LogP contribution in [-0.4, -0.2) is 11.6 Å². The Bertz CT molecular complexity index is 707. The SMILES string of the molecule is Cc1ccc(/C=C(/C(=O)Cc2ccccc2)C(=O)C(C)C)cc1. The Hall–Kier alpha value is -2.48. The summed E-state index contributed by atoms with van der Waals surface area (Å²) in [5, 5.41) is 0. The smallest absolute Gasteiger partial charge is 0.170 e. The monoisotopic (exact) mass is 306 g/mol. The van der Waals surface area contributed by atoms with Crippen LogP contribution in [0.3, 0.4) is 0 Å². The van der Waals surface area contributed by atoms with E-state index in [0.29, 0.717) is 0 Å². The van der Waals surface area contributed by atoms with E-state index >= 15 is 0 Å². The zero-order valence-electron chi connectivity index (χ0n) is 13.9. The third-order valence-electron chi connectivity index (χ3n) is 3.69. The molecule has 0 bridgehead atoms. The Morgan fingerprint density at radius 1 is 0.957 bits per heavy atom. The van der Waals surface area contributed by atoms with Gasteiger partial charge in [0.15, 0.2) is 11.6 Å². The highest BCUT2D eigenvalue weighted by Gasteiger charge is 2.21. The quantitative estimate of drug-likeness (QED) is 0.450. The van der Waals surface area contributed by atoms with Crippen LogP contribution in [0, 0.1) is 12.8 Å². The lowest BCUT2D eigenvalue weighted by Gasteiger charge is -2.09. The molecule has 0 saturated heterocycles. The van der Waals surface area contributed by atoms with Gasteiger partial charge in [-0.25, -0.2) is 0 Å². The van der Waals surface area contributed by atoms with Crippen LogP contribution in [0.15, 0.2) is 60.2 Å². The maximum absolute atomic E-state index is 12.6. The molecule has 2 aromatic rings. The second kappa shape index (κ2) is 7.68. The van der Waals surface area contributed by atoms with E-state index in [2.05, 4.69) is 0 Å². The van der Waals surface area contributed by atoms with Gasteiger partial charge in [0.2, 0.25) is 0 Å². The highest BCUT2D eigenvalue weighted by molar-refractivity contribution is 6.24. The Balaban J connectivity index is 2.32. The third-order valence-corrected chi connectivity index (χ3v) is 3.69. The molecule has 2 rings (SSSR count). The fourth-order valence-electron chi connectivity index (χ4n) is 2.31. The van der Waals surface area contributed by atoms with Crippen molar-refractivity contribution in [2.24, 2.45) is 5.92 Å². The van der Waals surface area contributed by atoms with Crippen molar-refractivity contribution in [2.45, 2.75) is 27.2 Å². The molecule has 0 saturated carbocycles. The number of carbonyl (C=O) groups is 2. The molecular weight excluding hydrogens is 284 g/mol. The van der Waals surface area contributed by atoms with Gasteiger partial charge in [-0.1, -0.05) is 74.0 Å². The number of hydrogen-bond acceptors (Lipinski definition) is 2. The van der Waals surface area contributed by atoms with Crippen LogP contribution in [0.5, 0.6) is 0 Å². The average Bonchev–Trinajstić information content (AvgIpc) is 2.54. The second-order valence-corrected chi connectivity index (χ2v) is 6.07. The van der Waals surface area contributed by atoms with Gasteiger partial charge in [0.25, 0.3) is 0 Å². The highest BCUT2D eigenvalue weighted by Crippen LogP contribution is 2.16. The number of rotatable bonds is 6. The van der Waals surface area contributed by atoms with Crippen molar-refractivity contribution in [3.05, 3.63) is 76.9 Å². The predicted octanol–water partition coefficient (Wildman–Crippen LogP) is 4.42. The van der Waals surface area contributed by atoms with Crippen LogP contribution < -0.4 is 0 Å². The molecule has 0 spiro atoms. The molecule has 0 radical (unpaired) electrons. The molecule has 0 unspecified atom stereocenters. The summed E-state index contributed by atoms with van der Waals surface area (Å²) >= 11 is 0. The maximum atomic E-state index is 12.6. The zero-order valence-corrected chi connectivity index (χ0v) is 13.9. The van der Waals surface area contributed by atoms with E-state index in [9.17, 15) is 9.59 Å². The molecule has 0 aromatic heterocycles. The van der Waals surface area contributed by atoms with E-state index < -0.39 is 0 Å². The Morgan fingerprint density at radius 2 is 1.57 bits per heavy atom. The van der Waals surface area contributed by atoms with E-state index in [-0.39, 0.29) is 29.5 Å². The molecule has 0 aliphatic heterocycles. The van der Waals surface area contributed by atoms with Crippen molar-refractivity contribution in [1.29, 1.82) is 0 Å². The minimum Gasteiger partial charge on any atom is -0.294 e. The molecule has 0 fully saturated rings. The van der Waals surface area contributed by atoms with Gasteiger partial charge in [-0.05, 0) is 24.1 Å². The van der Waals surface area contributed by atoms with Crippen LogP contribution in [-0.2, 0) is 16.0 Å². The predicted molar refractivity (Wildman–Crippen MR) is 94.2 cm³/mol. The molecule has 2 heteroatoms. The molecule has 0 N–H and O–H groups in total. The number of allylic oxidation sites excluding steroid dienone is 1. The Labute approximate surface area is 137 Å². The number of benzene rings is 2. The topological polar surface area (TPSA) is 34.1 Å². The Morgan fingerprint density at radius 3 is 2.13 bits per heavy atom. The third kappa shape index (κ3) is 4.75. The van der Waals surface area contributed by atoms with Crippen LogP contribution >= 0.6 is 0 Å². The molecule has 2 nitrogen and oxygen atoms in total. The lowest BCUT2D eigenvalue weighted by molar-refractivity contribution is -0.122. The van der Waals surface area contributed by atoms with Gasteiger partial charge in [0.1, 0.15) is 0 Å². The fourth-order valence-corrected chi connectivity index (χ4v) is 2.31. The molecular formula is C21H22O2. The molecule has 0 heterocycles. The molecule has 0 aliphatic carbocycles. The number of carbonyl (C=O) groups excluding carboxylic acids is 2. The van der Waals surface area contributed by atoms with Crippen LogP contribution in [0.1, 0.15) is 30.5 Å². The number of hydrogen-bond donors (Lipinski definition) is 0.